The summed E-state index contributed by atoms with van der Waals surface area (Å²) in [6, 6.07) is 7.33. The summed E-state index contributed by atoms with van der Waals surface area (Å²) in [6.45, 7) is 6.00. The summed E-state index contributed by atoms with van der Waals surface area (Å²) in [4.78, 5) is 26.4. The molecule has 2 aliphatic rings. The molecule has 0 unspecified atom stereocenters. The van der Waals surface area contributed by atoms with Crippen molar-refractivity contribution >= 4 is 23.8 Å². The monoisotopic (exact) mass is 514 g/mol. The molecule has 0 aliphatic carbocycles. The second-order valence-electron chi connectivity index (χ2n) is 8.99. The molecule has 0 radical (unpaired) electrons. The quantitative estimate of drug-likeness (QED) is 0.244. The van der Waals surface area contributed by atoms with Crippen LogP contribution in [0.4, 0.5) is 11.5 Å². The molecule has 1 aromatic carbocycles. The van der Waals surface area contributed by atoms with E-state index < -0.39 is 4.92 Å². The van der Waals surface area contributed by atoms with Crippen LogP contribution < -0.4 is 9.64 Å². The van der Waals surface area contributed by atoms with E-state index in [-0.39, 0.29) is 35.1 Å². The number of aromatic nitrogens is 4. The normalized spacial score (nSPS) is 17.5. The number of hydrogen-bond donors (Lipinski definition) is 0. The van der Waals surface area contributed by atoms with Gasteiger partial charge in [-0.1, -0.05) is 37.2 Å². The Bertz CT molecular complexity index is 1210. The number of hydrogen-bond acceptors (Lipinski definition) is 12. The summed E-state index contributed by atoms with van der Waals surface area (Å²) in [5.74, 6) is 2.11. The molecule has 2 saturated heterocycles. The van der Waals surface area contributed by atoms with Crippen LogP contribution in [0.1, 0.15) is 61.7 Å². The fourth-order valence-electron chi connectivity index (χ4n) is 4.30. The molecule has 3 aromatic rings. The first-order valence-electron chi connectivity index (χ1n) is 11.8. The Balaban J connectivity index is 1.36. The van der Waals surface area contributed by atoms with Crippen LogP contribution in [-0.4, -0.2) is 51.3 Å². The fraction of sp³-hybridized carbons (Fsp3) is 0.478. The molecule has 2 fully saturated rings. The zero-order valence-electron chi connectivity index (χ0n) is 19.9. The molecular weight excluding hydrogens is 488 g/mol. The lowest BCUT2D eigenvalue weighted by Crippen LogP contribution is -2.34. The first kappa shape index (κ1) is 24.4. The number of para-hydroxylation sites is 1. The molecule has 0 bridgehead atoms. The van der Waals surface area contributed by atoms with E-state index in [1.165, 1.54) is 6.33 Å². The van der Waals surface area contributed by atoms with Gasteiger partial charge in [-0.2, -0.15) is 9.97 Å². The molecule has 4 heterocycles. The van der Waals surface area contributed by atoms with Crippen molar-refractivity contribution in [3.63, 3.8) is 0 Å². The molecule has 0 spiro atoms. The standard InChI is InChI=1S/C23H26N6O6S/c1-14(2)20-26-22(35-27-20)15-7-9-28(10-8-15)21-19(29(30)31)23(25-13-24-21)34-18-6-4-3-5-17(18)16-11-32-36-33-12-16/h3-6,13-16H,7-12H2,1-2H3. The number of nitro groups is 1. The highest BCUT2D eigenvalue weighted by Gasteiger charge is 2.33. The van der Waals surface area contributed by atoms with E-state index in [1.807, 2.05) is 30.9 Å². The van der Waals surface area contributed by atoms with E-state index in [0.29, 0.717) is 56.6 Å². The fourth-order valence-corrected chi connectivity index (χ4v) is 4.81. The van der Waals surface area contributed by atoms with Crippen LogP contribution in [0.3, 0.4) is 0 Å². The lowest BCUT2D eigenvalue weighted by atomic mass is 9.96. The van der Waals surface area contributed by atoms with E-state index in [1.54, 1.807) is 12.1 Å². The molecule has 0 saturated carbocycles. The molecule has 2 aromatic heterocycles. The Kier molecular flexibility index (Phi) is 7.30. The molecule has 36 heavy (non-hydrogen) atoms. The Morgan fingerprint density at radius 3 is 2.58 bits per heavy atom. The second-order valence-corrected chi connectivity index (χ2v) is 9.60. The molecule has 2 aliphatic heterocycles. The Labute approximate surface area is 211 Å². The largest absolute Gasteiger partial charge is 0.433 e. The summed E-state index contributed by atoms with van der Waals surface area (Å²) < 4.78 is 22.2. The van der Waals surface area contributed by atoms with Crippen molar-refractivity contribution in [1.29, 1.82) is 0 Å². The van der Waals surface area contributed by atoms with E-state index in [4.69, 9.17) is 17.6 Å². The minimum Gasteiger partial charge on any atom is -0.433 e. The van der Waals surface area contributed by atoms with Crippen molar-refractivity contribution in [3.05, 3.63) is 58.0 Å². The van der Waals surface area contributed by atoms with Gasteiger partial charge < -0.3 is 14.2 Å². The van der Waals surface area contributed by atoms with Gasteiger partial charge in [0.1, 0.15) is 12.1 Å². The van der Waals surface area contributed by atoms with Crippen molar-refractivity contribution in [2.75, 3.05) is 31.2 Å². The van der Waals surface area contributed by atoms with Crippen molar-refractivity contribution in [2.45, 2.75) is 44.4 Å². The van der Waals surface area contributed by atoms with E-state index in [2.05, 4.69) is 20.1 Å². The lowest BCUT2D eigenvalue weighted by molar-refractivity contribution is -0.385. The predicted octanol–water partition coefficient (Wildman–Crippen LogP) is 4.76. The Morgan fingerprint density at radius 1 is 1.14 bits per heavy atom. The van der Waals surface area contributed by atoms with Gasteiger partial charge in [0.2, 0.25) is 11.7 Å². The zero-order chi connectivity index (χ0) is 25.1. The van der Waals surface area contributed by atoms with Gasteiger partial charge in [0.15, 0.2) is 18.1 Å². The first-order valence-corrected chi connectivity index (χ1v) is 12.4. The summed E-state index contributed by atoms with van der Waals surface area (Å²) in [7, 11) is 0. The van der Waals surface area contributed by atoms with E-state index in [9.17, 15) is 10.1 Å². The van der Waals surface area contributed by atoms with Crippen molar-refractivity contribution in [1.82, 2.24) is 20.1 Å². The summed E-state index contributed by atoms with van der Waals surface area (Å²) >= 11 is 0.959. The van der Waals surface area contributed by atoms with Crippen LogP contribution in [0.25, 0.3) is 0 Å². The Hall–Kier alpha value is -3.29. The number of ether oxygens (including phenoxy) is 1. The highest BCUT2D eigenvalue weighted by molar-refractivity contribution is 7.89. The van der Waals surface area contributed by atoms with Gasteiger partial charge >= 0.3 is 11.6 Å². The number of piperidine rings is 1. The molecule has 5 rings (SSSR count). The van der Waals surface area contributed by atoms with Crippen LogP contribution in [-0.2, 0) is 8.37 Å². The minimum atomic E-state index is -0.490. The van der Waals surface area contributed by atoms with Gasteiger partial charge in [-0.15, -0.1) is 0 Å². The average Bonchev–Trinajstić information content (AvgIpc) is 3.40. The number of rotatable bonds is 7. The molecule has 12 nitrogen and oxygen atoms in total. The molecule has 0 atom stereocenters. The lowest BCUT2D eigenvalue weighted by Gasteiger charge is -2.30. The van der Waals surface area contributed by atoms with Gasteiger partial charge in [0.05, 0.1) is 18.1 Å². The minimum absolute atomic E-state index is 0.0669. The maximum Gasteiger partial charge on any atom is 0.373 e. The van der Waals surface area contributed by atoms with Crippen molar-refractivity contribution in [2.24, 2.45) is 0 Å². The summed E-state index contributed by atoms with van der Waals surface area (Å²) in [6.07, 6.45) is 2.71. The average molecular weight is 515 g/mol. The molecule has 0 N–H and O–H groups in total. The van der Waals surface area contributed by atoms with Crippen LogP contribution in [0.2, 0.25) is 0 Å². The number of nitrogens with zero attached hydrogens (tertiary/aromatic N) is 6. The molecule has 190 valence electrons. The van der Waals surface area contributed by atoms with E-state index in [0.717, 1.165) is 17.9 Å². The van der Waals surface area contributed by atoms with Crippen molar-refractivity contribution < 1.29 is 22.5 Å². The summed E-state index contributed by atoms with van der Waals surface area (Å²) in [5, 5.41) is 16.2. The van der Waals surface area contributed by atoms with Gasteiger partial charge in [0, 0.05) is 36.4 Å². The number of benzene rings is 1. The van der Waals surface area contributed by atoms with Crippen LogP contribution >= 0.6 is 12.3 Å². The van der Waals surface area contributed by atoms with Crippen LogP contribution in [0, 0.1) is 10.1 Å². The van der Waals surface area contributed by atoms with Gasteiger partial charge in [-0.25, -0.2) is 4.98 Å². The smallest absolute Gasteiger partial charge is 0.373 e. The molecular formula is C23H26N6O6S. The van der Waals surface area contributed by atoms with Gasteiger partial charge in [-0.05, 0) is 18.9 Å². The first-order chi connectivity index (χ1) is 17.5. The van der Waals surface area contributed by atoms with E-state index >= 15 is 0 Å². The number of anilines is 1. The predicted molar refractivity (Wildman–Crippen MR) is 130 cm³/mol. The van der Waals surface area contributed by atoms with Crippen molar-refractivity contribution in [3.8, 4) is 11.6 Å². The SMILES string of the molecule is CC(C)c1noc(C2CCN(c3ncnc(Oc4ccccc4C4COSOC4)c3[N+](=O)[O-])CC2)n1. The summed E-state index contributed by atoms with van der Waals surface area (Å²) in [5.41, 5.74) is 0.561. The van der Waals surface area contributed by atoms with Crippen LogP contribution in [0.5, 0.6) is 11.6 Å². The maximum atomic E-state index is 12.2. The highest BCUT2D eigenvalue weighted by Crippen LogP contribution is 2.41. The second kappa shape index (κ2) is 10.8. The highest BCUT2D eigenvalue weighted by atomic mass is 32.2. The third kappa shape index (κ3) is 5.13. The van der Waals surface area contributed by atoms with Gasteiger partial charge in [-0.3, -0.25) is 18.5 Å². The zero-order valence-corrected chi connectivity index (χ0v) is 20.7. The topological polar surface area (TPSA) is 139 Å². The third-order valence-electron chi connectivity index (χ3n) is 6.27. The third-order valence-corrected chi connectivity index (χ3v) is 6.73. The maximum absolute atomic E-state index is 12.2. The Morgan fingerprint density at radius 2 is 1.89 bits per heavy atom. The molecule has 13 heteroatoms. The molecule has 0 amide bonds. The van der Waals surface area contributed by atoms with Gasteiger partial charge in [0.25, 0.3) is 0 Å². The van der Waals surface area contributed by atoms with Crippen LogP contribution in [0.15, 0.2) is 35.1 Å².